The molecule has 2 N–H and O–H groups in total. The third-order valence-electron chi connectivity index (χ3n) is 1.87. The Kier molecular flexibility index (Phi) is 5.08. The molecule has 0 aliphatic carbocycles. The van der Waals surface area contributed by atoms with Gasteiger partial charge < -0.3 is 10.4 Å². The number of hydrogen-bond acceptors (Lipinski definition) is 2. The van der Waals surface area contributed by atoms with Crippen molar-refractivity contribution < 1.29 is 9.90 Å². The number of rotatable bonds is 4. The van der Waals surface area contributed by atoms with E-state index in [0.29, 0.717) is 0 Å². The van der Waals surface area contributed by atoms with Gasteiger partial charge >= 0.3 is 0 Å². The molecule has 5 heteroatoms. The molecule has 1 amide bonds. The van der Waals surface area contributed by atoms with Crippen LogP contribution in [0.4, 0.5) is 0 Å². The molecule has 1 rings (SSSR count). The normalized spacial score (nSPS) is 12.2. The second kappa shape index (κ2) is 6.10. The van der Waals surface area contributed by atoms with Gasteiger partial charge in [-0.15, -0.1) is 11.6 Å². The summed E-state index contributed by atoms with van der Waals surface area (Å²) >= 11 is 8.60. The molecule has 0 spiro atoms. The van der Waals surface area contributed by atoms with Gasteiger partial charge in [-0.25, -0.2) is 0 Å². The van der Waals surface area contributed by atoms with E-state index >= 15 is 0 Å². The minimum absolute atomic E-state index is 0.0902. The third kappa shape index (κ3) is 4.20. The monoisotopic (exact) mass is 291 g/mol. The Bertz CT molecular complexity index is 329. The van der Waals surface area contributed by atoms with E-state index in [9.17, 15) is 9.90 Å². The Balaban J connectivity index is 2.50. The largest absolute Gasteiger partial charge is 0.387 e. The fraction of sp³-hybridized carbons (Fsp3) is 0.300. The van der Waals surface area contributed by atoms with Gasteiger partial charge in [0.2, 0.25) is 5.91 Å². The summed E-state index contributed by atoms with van der Waals surface area (Å²) < 4.78 is 0.947. The van der Waals surface area contributed by atoms with Crippen LogP contribution >= 0.6 is 27.5 Å². The summed E-state index contributed by atoms with van der Waals surface area (Å²) in [5, 5.41) is 12.2. The molecule has 1 aromatic rings. The number of nitrogens with one attached hydrogen (secondary N) is 1. The van der Waals surface area contributed by atoms with Crippen LogP contribution in [0.5, 0.6) is 0 Å². The van der Waals surface area contributed by atoms with Gasteiger partial charge in [-0.05, 0) is 17.7 Å². The topological polar surface area (TPSA) is 49.3 Å². The van der Waals surface area contributed by atoms with Crippen molar-refractivity contribution in [2.45, 2.75) is 6.10 Å². The Hall–Kier alpha value is -0.580. The number of aliphatic hydroxyl groups is 1. The van der Waals surface area contributed by atoms with Crippen molar-refractivity contribution >= 4 is 33.4 Å². The molecule has 1 aromatic carbocycles. The van der Waals surface area contributed by atoms with Gasteiger partial charge in [-0.3, -0.25) is 4.79 Å². The van der Waals surface area contributed by atoms with Crippen LogP contribution in [0.2, 0.25) is 0 Å². The average Bonchev–Trinajstić information content (AvgIpc) is 2.26. The molecule has 0 fully saturated rings. The molecule has 0 bridgehead atoms. The maximum Gasteiger partial charge on any atom is 0.235 e. The molecule has 3 nitrogen and oxygen atoms in total. The highest BCUT2D eigenvalue weighted by Crippen LogP contribution is 2.16. The van der Waals surface area contributed by atoms with Crippen LogP contribution in [0.25, 0.3) is 0 Å². The average molecular weight is 293 g/mol. The summed E-state index contributed by atoms with van der Waals surface area (Å²) in [7, 11) is 0. The number of halogens is 2. The summed E-state index contributed by atoms with van der Waals surface area (Å²) in [6.45, 7) is 0.174. The maximum absolute atomic E-state index is 10.8. The van der Waals surface area contributed by atoms with Gasteiger partial charge in [0.05, 0.1) is 6.10 Å². The van der Waals surface area contributed by atoms with Crippen molar-refractivity contribution in [1.82, 2.24) is 5.32 Å². The van der Waals surface area contributed by atoms with Crippen molar-refractivity contribution in [1.29, 1.82) is 0 Å². The van der Waals surface area contributed by atoms with Crippen LogP contribution in [0.15, 0.2) is 28.7 Å². The van der Waals surface area contributed by atoms with Gasteiger partial charge in [0.15, 0.2) is 0 Å². The summed E-state index contributed by atoms with van der Waals surface area (Å²) in [6, 6.07) is 7.26. The number of carbonyl (C=O) groups is 1. The predicted octanol–water partition coefficient (Wildman–Crippen LogP) is 1.84. The first-order valence-corrected chi connectivity index (χ1v) is 5.72. The van der Waals surface area contributed by atoms with Crippen molar-refractivity contribution in [3.8, 4) is 0 Å². The van der Waals surface area contributed by atoms with Crippen LogP contribution in [0.1, 0.15) is 11.7 Å². The van der Waals surface area contributed by atoms with E-state index in [4.69, 9.17) is 11.6 Å². The fourth-order valence-corrected chi connectivity index (χ4v) is 1.42. The predicted molar refractivity (Wildman–Crippen MR) is 62.8 cm³/mol. The highest BCUT2D eigenvalue weighted by atomic mass is 79.9. The lowest BCUT2D eigenvalue weighted by Crippen LogP contribution is -2.29. The summed E-state index contributed by atoms with van der Waals surface area (Å²) in [6.07, 6.45) is -0.703. The van der Waals surface area contributed by atoms with Crippen molar-refractivity contribution in [3.05, 3.63) is 34.3 Å². The zero-order valence-corrected chi connectivity index (χ0v) is 10.3. The zero-order chi connectivity index (χ0) is 11.3. The first-order chi connectivity index (χ1) is 7.13. The highest BCUT2D eigenvalue weighted by Gasteiger charge is 2.08. The molecule has 0 saturated carbocycles. The molecular formula is C10H11BrClNO2. The van der Waals surface area contributed by atoms with E-state index in [1.54, 1.807) is 12.1 Å². The standard InChI is InChI=1S/C10H11BrClNO2/c11-8-3-1-7(2-4-8)9(14)6-13-10(15)5-12/h1-4,9,14H,5-6H2,(H,13,15)/t9-/m1/s1. The van der Waals surface area contributed by atoms with E-state index in [1.165, 1.54) is 0 Å². The number of amides is 1. The van der Waals surface area contributed by atoms with Gasteiger partial charge in [0, 0.05) is 11.0 Å². The summed E-state index contributed by atoms with van der Waals surface area (Å²) in [4.78, 5) is 10.8. The Morgan fingerprint density at radius 3 is 2.60 bits per heavy atom. The SMILES string of the molecule is O=C(CCl)NC[C@@H](O)c1ccc(Br)cc1. The number of alkyl halides is 1. The maximum atomic E-state index is 10.8. The van der Waals surface area contributed by atoms with Crippen molar-refractivity contribution in [2.75, 3.05) is 12.4 Å². The molecule has 82 valence electrons. The fourth-order valence-electron chi connectivity index (χ4n) is 1.06. The molecule has 15 heavy (non-hydrogen) atoms. The van der Waals surface area contributed by atoms with E-state index < -0.39 is 6.10 Å². The highest BCUT2D eigenvalue weighted by molar-refractivity contribution is 9.10. The second-order valence-corrected chi connectivity index (χ2v) is 4.19. The van der Waals surface area contributed by atoms with E-state index in [2.05, 4.69) is 21.2 Å². The molecule has 0 saturated heterocycles. The van der Waals surface area contributed by atoms with E-state index in [1.807, 2.05) is 12.1 Å². The lowest BCUT2D eigenvalue weighted by molar-refractivity contribution is -0.119. The molecule has 0 radical (unpaired) electrons. The van der Waals surface area contributed by atoms with Crippen molar-refractivity contribution in [3.63, 3.8) is 0 Å². The Morgan fingerprint density at radius 1 is 1.47 bits per heavy atom. The molecule has 0 aliphatic heterocycles. The van der Waals surface area contributed by atoms with E-state index in [-0.39, 0.29) is 18.3 Å². The Labute approximate surface area is 102 Å². The zero-order valence-electron chi connectivity index (χ0n) is 7.91. The molecule has 1 atom stereocenters. The second-order valence-electron chi connectivity index (χ2n) is 3.01. The third-order valence-corrected chi connectivity index (χ3v) is 2.64. The van der Waals surface area contributed by atoms with Gasteiger partial charge in [0.1, 0.15) is 5.88 Å². The molecule has 0 aliphatic rings. The lowest BCUT2D eigenvalue weighted by atomic mass is 10.1. The first-order valence-electron chi connectivity index (χ1n) is 4.39. The summed E-state index contributed by atoms with van der Waals surface area (Å²) in [5.41, 5.74) is 0.757. The molecular weight excluding hydrogens is 281 g/mol. The molecule has 0 heterocycles. The number of aliphatic hydroxyl groups excluding tert-OH is 1. The van der Waals surface area contributed by atoms with Crippen molar-refractivity contribution in [2.24, 2.45) is 0 Å². The van der Waals surface area contributed by atoms with Crippen LogP contribution in [-0.4, -0.2) is 23.4 Å². The van der Waals surface area contributed by atoms with Crippen LogP contribution < -0.4 is 5.32 Å². The number of carbonyl (C=O) groups excluding carboxylic acids is 1. The number of benzene rings is 1. The first kappa shape index (κ1) is 12.5. The van der Waals surface area contributed by atoms with Gasteiger partial charge in [0.25, 0.3) is 0 Å². The van der Waals surface area contributed by atoms with Gasteiger partial charge in [-0.1, -0.05) is 28.1 Å². The van der Waals surface area contributed by atoms with E-state index in [0.717, 1.165) is 10.0 Å². The van der Waals surface area contributed by atoms with Crippen LogP contribution in [-0.2, 0) is 4.79 Å². The Morgan fingerprint density at radius 2 is 2.07 bits per heavy atom. The van der Waals surface area contributed by atoms with Gasteiger partial charge in [-0.2, -0.15) is 0 Å². The summed E-state index contributed by atoms with van der Waals surface area (Å²) in [5.74, 6) is -0.375. The minimum atomic E-state index is -0.703. The molecule has 0 aromatic heterocycles. The lowest BCUT2D eigenvalue weighted by Gasteiger charge is -2.11. The molecule has 0 unspecified atom stereocenters. The van der Waals surface area contributed by atoms with Crippen LogP contribution in [0, 0.1) is 0 Å². The number of hydrogen-bond donors (Lipinski definition) is 2. The quantitative estimate of drug-likeness (QED) is 0.832. The van der Waals surface area contributed by atoms with Crippen LogP contribution in [0.3, 0.4) is 0 Å². The minimum Gasteiger partial charge on any atom is -0.387 e. The smallest absolute Gasteiger partial charge is 0.235 e.